The van der Waals surface area contributed by atoms with Gasteiger partial charge in [0.25, 0.3) is 0 Å². The number of hydrogen-bond acceptors (Lipinski definition) is 0. The largest absolute Gasteiger partial charge is 0.309 e. The zero-order chi connectivity index (χ0) is 41.7. The summed E-state index contributed by atoms with van der Waals surface area (Å²) in [5, 5.41) is 10.6. The molecule has 0 aliphatic heterocycles. The molecule has 63 heavy (non-hydrogen) atoms. The molecule has 0 unspecified atom stereocenters. The van der Waals surface area contributed by atoms with Crippen LogP contribution in [0.5, 0.6) is 0 Å². The fourth-order valence-corrected chi connectivity index (χ4v) is 15.9. The Kier molecular flexibility index (Phi) is 9.30. The minimum atomic E-state index is -2.70. The van der Waals surface area contributed by atoms with Gasteiger partial charge in [0.1, 0.15) is 0 Å². The van der Waals surface area contributed by atoms with Gasteiger partial charge in [-0.1, -0.05) is 201 Å². The van der Waals surface area contributed by atoms with Gasteiger partial charge in [-0.3, -0.25) is 0 Å². The van der Waals surface area contributed by atoms with Crippen LogP contribution in [0.15, 0.2) is 224 Å². The first-order valence-corrected chi connectivity index (χ1v) is 24.7. The van der Waals surface area contributed by atoms with Gasteiger partial charge in [-0.05, 0) is 98.7 Å². The van der Waals surface area contributed by atoms with Crippen LogP contribution < -0.4 is 20.7 Å². The van der Waals surface area contributed by atoms with Gasteiger partial charge in [-0.15, -0.1) is 0 Å². The Morgan fingerprint density at radius 1 is 0.317 bits per heavy atom. The number of aromatic nitrogens is 2. The van der Waals surface area contributed by atoms with Crippen molar-refractivity contribution in [2.75, 3.05) is 0 Å². The smallest absolute Gasteiger partial charge is 0.179 e. The number of nitrogens with zero attached hydrogens (tertiary/aromatic N) is 2. The van der Waals surface area contributed by atoms with Crippen LogP contribution in [-0.4, -0.2) is 17.2 Å². The number of benzene rings is 9. The van der Waals surface area contributed by atoms with Crippen LogP contribution in [0.4, 0.5) is 0 Å². The lowest BCUT2D eigenvalue weighted by molar-refractivity contribution is 0.444. The molecule has 0 radical (unpaired) electrons. The Morgan fingerprint density at radius 2 is 0.778 bits per heavy atom. The summed E-state index contributed by atoms with van der Waals surface area (Å²) in [5.41, 5.74) is 11.2. The van der Waals surface area contributed by atoms with Gasteiger partial charge in [0.2, 0.25) is 0 Å². The van der Waals surface area contributed by atoms with E-state index in [2.05, 4.69) is 234 Å². The van der Waals surface area contributed by atoms with E-state index in [4.69, 9.17) is 0 Å². The molecule has 2 nitrogen and oxygen atoms in total. The summed E-state index contributed by atoms with van der Waals surface area (Å²) in [7, 11) is -2.70. The monoisotopic (exact) mass is 824 g/mol. The lowest BCUT2D eigenvalue weighted by atomic mass is 9.84. The SMILES string of the molecule is c1ccc([Si](c2ccccc2)(c2ccccc2)c2cccc(-c3cccc(-n4c5ccccc5c5ccc(-n6c7ccccc7c7ccc(C8CCCCC8)cc76)cc54)c3)c2)cc1. The van der Waals surface area contributed by atoms with Crippen molar-refractivity contribution < 1.29 is 0 Å². The maximum absolute atomic E-state index is 2.70. The van der Waals surface area contributed by atoms with Gasteiger partial charge in [0, 0.05) is 32.9 Å². The van der Waals surface area contributed by atoms with Gasteiger partial charge in [0.05, 0.1) is 22.1 Å². The minimum absolute atomic E-state index is 0.640. The first-order chi connectivity index (χ1) is 31.3. The number of rotatable bonds is 8. The van der Waals surface area contributed by atoms with E-state index in [1.54, 1.807) is 0 Å². The molecule has 12 rings (SSSR count). The lowest BCUT2D eigenvalue weighted by Gasteiger charge is -2.34. The highest BCUT2D eigenvalue weighted by Crippen LogP contribution is 2.40. The van der Waals surface area contributed by atoms with Crippen molar-refractivity contribution in [3.8, 4) is 22.5 Å². The second kappa shape index (κ2) is 15.6. The summed E-state index contributed by atoms with van der Waals surface area (Å²) in [6.07, 6.45) is 6.60. The third-order valence-electron chi connectivity index (χ3n) is 14.0. The molecule has 0 bridgehead atoms. The Bertz CT molecular complexity index is 3330. The van der Waals surface area contributed by atoms with E-state index >= 15 is 0 Å². The maximum Gasteiger partial charge on any atom is 0.179 e. The quantitative estimate of drug-likeness (QED) is 0.107. The van der Waals surface area contributed by atoms with Gasteiger partial charge in [-0.25, -0.2) is 0 Å². The van der Waals surface area contributed by atoms with Crippen molar-refractivity contribution in [2.45, 2.75) is 38.0 Å². The number of hydrogen-bond donors (Lipinski definition) is 0. The van der Waals surface area contributed by atoms with Crippen molar-refractivity contribution in [3.63, 3.8) is 0 Å². The Balaban J connectivity index is 1.03. The van der Waals surface area contributed by atoms with E-state index in [1.165, 1.54) is 119 Å². The highest BCUT2D eigenvalue weighted by atomic mass is 28.3. The molecule has 2 heterocycles. The van der Waals surface area contributed by atoms with Gasteiger partial charge in [0.15, 0.2) is 8.07 Å². The second-order valence-electron chi connectivity index (χ2n) is 17.5. The molecule has 302 valence electrons. The molecule has 1 saturated carbocycles. The highest BCUT2D eigenvalue weighted by Gasteiger charge is 2.41. The average Bonchev–Trinajstić information content (AvgIpc) is 3.88. The third-order valence-corrected chi connectivity index (χ3v) is 18.8. The Morgan fingerprint density at radius 3 is 1.38 bits per heavy atom. The zero-order valence-corrected chi connectivity index (χ0v) is 36.4. The van der Waals surface area contributed by atoms with Crippen LogP contribution >= 0.6 is 0 Å². The fraction of sp³-hybridized carbons (Fsp3) is 0.100. The molecule has 9 aromatic carbocycles. The van der Waals surface area contributed by atoms with E-state index in [0.717, 1.165) is 5.69 Å². The summed E-state index contributed by atoms with van der Waals surface area (Å²) in [6, 6.07) is 84.5. The molecule has 0 spiro atoms. The minimum Gasteiger partial charge on any atom is -0.309 e. The van der Waals surface area contributed by atoms with Crippen LogP contribution in [-0.2, 0) is 0 Å². The molecular formula is C60H48N2Si. The molecule has 11 aromatic rings. The normalized spacial score (nSPS) is 13.7. The van der Waals surface area contributed by atoms with Crippen molar-refractivity contribution >= 4 is 72.4 Å². The molecule has 1 aliphatic carbocycles. The summed E-state index contributed by atoms with van der Waals surface area (Å²) >= 11 is 0. The molecule has 0 N–H and O–H groups in total. The first kappa shape index (κ1) is 37.5. The van der Waals surface area contributed by atoms with E-state index < -0.39 is 8.07 Å². The molecule has 0 amide bonds. The van der Waals surface area contributed by atoms with Gasteiger partial charge in [-0.2, -0.15) is 0 Å². The van der Waals surface area contributed by atoms with Crippen molar-refractivity contribution in [2.24, 2.45) is 0 Å². The third kappa shape index (κ3) is 6.21. The van der Waals surface area contributed by atoms with Gasteiger partial charge >= 0.3 is 0 Å². The van der Waals surface area contributed by atoms with Crippen molar-refractivity contribution in [1.29, 1.82) is 0 Å². The average molecular weight is 825 g/mol. The predicted octanol–water partition coefficient (Wildman–Crippen LogP) is 13.0. The molecule has 0 saturated heterocycles. The van der Waals surface area contributed by atoms with Crippen molar-refractivity contribution in [3.05, 3.63) is 230 Å². The Labute approximate surface area is 370 Å². The van der Waals surface area contributed by atoms with Crippen LogP contribution in [0, 0.1) is 0 Å². The van der Waals surface area contributed by atoms with Crippen LogP contribution in [0.2, 0.25) is 0 Å². The topological polar surface area (TPSA) is 9.86 Å². The lowest BCUT2D eigenvalue weighted by Crippen LogP contribution is -2.74. The molecule has 3 heteroatoms. The summed E-state index contributed by atoms with van der Waals surface area (Å²) < 4.78 is 5.00. The highest BCUT2D eigenvalue weighted by molar-refractivity contribution is 7.19. The fourth-order valence-electron chi connectivity index (χ4n) is 11.2. The number of fused-ring (bicyclic) bond motifs is 6. The number of para-hydroxylation sites is 2. The van der Waals surface area contributed by atoms with E-state index in [9.17, 15) is 0 Å². The second-order valence-corrected chi connectivity index (χ2v) is 21.3. The van der Waals surface area contributed by atoms with Crippen molar-refractivity contribution in [1.82, 2.24) is 9.13 Å². The molecule has 1 aliphatic rings. The van der Waals surface area contributed by atoms with E-state index in [1.807, 2.05) is 0 Å². The van der Waals surface area contributed by atoms with Crippen LogP contribution in [0.25, 0.3) is 66.1 Å². The van der Waals surface area contributed by atoms with Gasteiger partial charge < -0.3 is 9.13 Å². The van der Waals surface area contributed by atoms with E-state index in [0.29, 0.717) is 5.92 Å². The summed E-state index contributed by atoms with van der Waals surface area (Å²) in [5.74, 6) is 0.640. The zero-order valence-electron chi connectivity index (χ0n) is 35.4. The predicted molar refractivity (Wildman–Crippen MR) is 270 cm³/mol. The summed E-state index contributed by atoms with van der Waals surface area (Å²) in [6.45, 7) is 0. The Hall–Kier alpha value is -7.20. The molecule has 2 aromatic heterocycles. The first-order valence-electron chi connectivity index (χ1n) is 22.7. The van der Waals surface area contributed by atoms with E-state index in [-0.39, 0.29) is 0 Å². The van der Waals surface area contributed by atoms with Crippen LogP contribution in [0.3, 0.4) is 0 Å². The molecular weight excluding hydrogens is 777 g/mol. The standard InChI is InChI=1S/C60H48N2Si/c1-5-19-43(20-6-1)46-35-37-55-53-31-13-16-34-58(53)62(59(55)41-46)48-36-38-56-54-32-14-15-33-57(54)61(60(56)42-48)47-23-17-21-44(39-47)45-22-18-30-52(40-45)63(49-24-7-2-8-25-49,50-26-9-3-10-27-50)51-28-11-4-12-29-51/h2-4,7-18,21-43H,1,5-6,19-20H2. The molecule has 1 fully saturated rings. The maximum atomic E-state index is 2.52. The molecule has 0 atom stereocenters. The van der Waals surface area contributed by atoms with Crippen LogP contribution in [0.1, 0.15) is 43.6 Å². The summed E-state index contributed by atoms with van der Waals surface area (Å²) in [4.78, 5) is 0.